The van der Waals surface area contributed by atoms with Crippen molar-refractivity contribution in [3.05, 3.63) is 143 Å². The molecular weight excluding hydrogens is 867 g/mol. The summed E-state index contributed by atoms with van der Waals surface area (Å²) < 4.78 is 6.24. The SMILES string of the molecule is CCC(=C(c1ccccc1)c1ccc(OCCN(CC)CCCCCCCC(=O)NC(C(=O)N2CC(O)CC2C(=O)NC(C)c2ccc(-c3scnc3C)cc2)C(C)(C)C)cc1)c1ccccc1. The molecule has 6 rings (SSSR count). The van der Waals surface area contributed by atoms with Crippen molar-refractivity contribution in [2.45, 2.75) is 124 Å². The van der Waals surface area contributed by atoms with Crippen molar-refractivity contribution in [1.82, 2.24) is 25.4 Å². The Bertz CT molecular complexity index is 2390. The van der Waals surface area contributed by atoms with E-state index in [4.69, 9.17) is 4.74 Å². The molecule has 1 fully saturated rings. The highest BCUT2D eigenvalue weighted by Crippen LogP contribution is 2.35. The summed E-state index contributed by atoms with van der Waals surface area (Å²) in [5.41, 5.74) is 10.4. The normalized spacial score (nSPS) is 16.3. The summed E-state index contributed by atoms with van der Waals surface area (Å²) in [5, 5.41) is 16.8. The Morgan fingerprint density at radius 1 is 0.824 bits per heavy atom. The molecule has 0 radical (unpaired) electrons. The summed E-state index contributed by atoms with van der Waals surface area (Å²) in [7, 11) is 0. The summed E-state index contributed by atoms with van der Waals surface area (Å²) in [6, 6.07) is 35.8. The number of β-amino-alcohol motifs (C(OH)–C–C–N with tert-alkyl or cyclic N) is 1. The number of carbonyl (C=O) groups excluding carboxylic acids is 3. The number of hydrogen-bond donors (Lipinski definition) is 3. The van der Waals surface area contributed by atoms with Gasteiger partial charge >= 0.3 is 0 Å². The second-order valence-corrected chi connectivity index (χ2v) is 20.0. The molecule has 68 heavy (non-hydrogen) atoms. The number of likely N-dealkylation sites (tertiary alicyclic amines) is 1. The van der Waals surface area contributed by atoms with Gasteiger partial charge in [0.2, 0.25) is 17.7 Å². The van der Waals surface area contributed by atoms with Crippen LogP contribution < -0.4 is 15.4 Å². The van der Waals surface area contributed by atoms with Crippen LogP contribution in [0, 0.1) is 12.3 Å². The van der Waals surface area contributed by atoms with E-state index in [1.165, 1.54) is 32.7 Å². The average molecular weight is 940 g/mol. The van der Waals surface area contributed by atoms with E-state index >= 15 is 0 Å². The quantitative estimate of drug-likeness (QED) is 0.0440. The number of amides is 3. The number of aliphatic hydroxyl groups is 1. The number of unbranched alkanes of at least 4 members (excludes halogenated alkanes) is 4. The largest absolute Gasteiger partial charge is 0.492 e. The van der Waals surface area contributed by atoms with Crippen molar-refractivity contribution < 1.29 is 24.2 Å². The molecule has 3 N–H and O–H groups in total. The highest BCUT2D eigenvalue weighted by Gasteiger charge is 2.44. The number of thiazole rings is 1. The zero-order valence-corrected chi connectivity index (χ0v) is 42.1. The molecular formula is C57H73N5O5S. The predicted octanol–water partition coefficient (Wildman–Crippen LogP) is 10.9. The minimum atomic E-state index is -0.845. The maximum absolute atomic E-state index is 14.1. The molecule has 4 atom stereocenters. The minimum Gasteiger partial charge on any atom is -0.492 e. The average Bonchev–Trinajstić information content (AvgIpc) is 3.96. The molecule has 1 aliphatic heterocycles. The molecule has 1 aromatic heterocycles. The number of rotatable bonds is 23. The van der Waals surface area contributed by atoms with E-state index in [0.29, 0.717) is 13.0 Å². The number of nitrogens with zero attached hydrogens (tertiary/aromatic N) is 3. The van der Waals surface area contributed by atoms with Gasteiger partial charge in [0.05, 0.1) is 28.2 Å². The van der Waals surface area contributed by atoms with Crippen molar-refractivity contribution in [2.24, 2.45) is 5.41 Å². The molecule has 362 valence electrons. The molecule has 4 unspecified atom stereocenters. The molecule has 11 heteroatoms. The van der Waals surface area contributed by atoms with E-state index < -0.39 is 23.6 Å². The van der Waals surface area contributed by atoms with Crippen LogP contribution in [0.2, 0.25) is 0 Å². The van der Waals surface area contributed by atoms with Crippen LogP contribution in [-0.2, 0) is 14.4 Å². The van der Waals surface area contributed by atoms with Gasteiger partial charge in [0.1, 0.15) is 24.4 Å². The Morgan fingerprint density at radius 3 is 2.07 bits per heavy atom. The van der Waals surface area contributed by atoms with E-state index in [1.807, 2.05) is 64.4 Å². The van der Waals surface area contributed by atoms with Crippen LogP contribution in [0.4, 0.5) is 0 Å². The molecule has 0 saturated carbocycles. The highest BCUT2D eigenvalue weighted by molar-refractivity contribution is 7.13. The fourth-order valence-electron chi connectivity index (χ4n) is 9.12. The van der Waals surface area contributed by atoms with Gasteiger partial charge in [-0.25, -0.2) is 4.98 Å². The topological polar surface area (TPSA) is 124 Å². The van der Waals surface area contributed by atoms with Crippen LogP contribution in [-0.4, -0.2) is 88.6 Å². The molecule has 5 aromatic rings. The van der Waals surface area contributed by atoms with Gasteiger partial charge in [-0.3, -0.25) is 14.4 Å². The molecule has 0 aliphatic carbocycles. The van der Waals surface area contributed by atoms with Crippen molar-refractivity contribution in [1.29, 1.82) is 0 Å². The molecule has 0 bridgehead atoms. The number of carbonyl (C=O) groups is 3. The van der Waals surface area contributed by atoms with Crippen molar-refractivity contribution in [3.63, 3.8) is 0 Å². The summed E-state index contributed by atoms with van der Waals surface area (Å²) >= 11 is 1.59. The highest BCUT2D eigenvalue weighted by atomic mass is 32.1. The van der Waals surface area contributed by atoms with Crippen molar-refractivity contribution in [3.8, 4) is 16.2 Å². The van der Waals surface area contributed by atoms with E-state index in [1.54, 1.807) is 11.3 Å². The summed E-state index contributed by atoms with van der Waals surface area (Å²) in [6.45, 7) is 17.5. The number of aryl methyl sites for hydroxylation is 1. The van der Waals surface area contributed by atoms with Crippen LogP contribution in [0.25, 0.3) is 21.6 Å². The van der Waals surface area contributed by atoms with Gasteiger partial charge in [0, 0.05) is 25.9 Å². The zero-order valence-electron chi connectivity index (χ0n) is 41.3. The first-order chi connectivity index (χ1) is 32.8. The van der Waals surface area contributed by atoms with E-state index in [2.05, 4.69) is 119 Å². The lowest BCUT2D eigenvalue weighted by Crippen LogP contribution is -2.57. The molecule has 1 saturated heterocycles. The molecule has 4 aromatic carbocycles. The number of benzene rings is 4. The zero-order chi connectivity index (χ0) is 48.6. The van der Waals surface area contributed by atoms with Crippen LogP contribution in [0.15, 0.2) is 115 Å². The third-order valence-electron chi connectivity index (χ3n) is 13.0. The fourth-order valence-corrected chi connectivity index (χ4v) is 9.93. The number of likely N-dealkylation sites (N-methyl/N-ethyl adjacent to an activating group) is 1. The predicted molar refractivity (Wildman–Crippen MR) is 277 cm³/mol. The number of aliphatic hydroxyl groups excluding tert-OH is 1. The van der Waals surface area contributed by atoms with Crippen LogP contribution >= 0.6 is 11.3 Å². The van der Waals surface area contributed by atoms with Crippen LogP contribution in [0.1, 0.15) is 127 Å². The summed E-state index contributed by atoms with van der Waals surface area (Å²) in [6.07, 6.45) is 5.36. The van der Waals surface area contributed by atoms with E-state index in [-0.39, 0.29) is 36.7 Å². The smallest absolute Gasteiger partial charge is 0.246 e. The standard InChI is InChI=1S/C57H73N5O5S/c1-8-49(43-21-15-13-16-22-43)52(44-23-17-14-18-24-44)45-30-32-48(33-31-45)67-36-35-61(9-2)34-20-12-10-11-19-25-51(64)60-54(57(5,6)7)56(66)62-38-47(63)37-50(62)55(65)59-40(3)42-26-28-46(29-27-42)53-41(4)58-39-68-53/h13-18,21-24,26-33,39-40,47,50,54,63H,8-12,19-20,25,34-38H2,1-7H3,(H,59,65)(H,60,64). The first kappa shape index (κ1) is 51.8. The van der Waals surface area contributed by atoms with Crippen LogP contribution in [0.3, 0.4) is 0 Å². The lowest BCUT2D eigenvalue weighted by molar-refractivity contribution is -0.144. The summed E-state index contributed by atoms with van der Waals surface area (Å²) in [5.74, 6) is 0.0163. The maximum atomic E-state index is 14.1. The van der Waals surface area contributed by atoms with Gasteiger partial charge in [-0.05, 0) is 103 Å². The third-order valence-corrected chi connectivity index (χ3v) is 14.0. The number of ether oxygens (including phenoxy) is 1. The number of hydrogen-bond acceptors (Lipinski definition) is 8. The first-order valence-electron chi connectivity index (χ1n) is 24.7. The lowest BCUT2D eigenvalue weighted by atomic mass is 9.85. The van der Waals surface area contributed by atoms with Gasteiger partial charge in [-0.2, -0.15) is 0 Å². The monoisotopic (exact) mass is 940 g/mol. The fraction of sp³-hybridized carbons (Fsp3) is 0.439. The Morgan fingerprint density at radius 2 is 1.46 bits per heavy atom. The third kappa shape index (κ3) is 14.2. The van der Waals surface area contributed by atoms with Crippen molar-refractivity contribution >= 4 is 40.2 Å². The molecule has 0 spiro atoms. The Labute approximate surface area is 409 Å². The molecule has 1 aliphatic rings. The number of nitrogens with one attached hydrogen (secondary N) is 2. The van der Waals surface area contributed by atoms with Gasteiger partial charge in [0.25, 0.3) is 0 Å². The first-order valence-corrected chi connectivity index (χ1v) is 25.5. The Balaban J connectivity index is 0.906. The Kier molecular flexibility index (Phi) is 19.1. The molecule has 2 heterocycles. The number of aromatic nitrogens is 1. The second kappa shape index (κ2) is 25.1. The lowest BCUT2D eigenvalue weighted by Gasteiger charge is -2.35. The van der Waals surface area contributed by atoms with Gasteiger partial charge in [-0.15, -0.1) is 11.3 Å². The van der Waals surface area contributed by atoms with E-state index in [0.717, 1.165) is 85.6 Å². The van der Waals surface area contributed by atoms with Crippen molar-refractivity contribution in [2.75, 3.05) is 32.8 Å². The molecule has 3 amide bonds. The second-order valence-electron chi connectivity index (χ2n) is 19.1. The van der Waals surface area contributed by atoms with Gasteiger partial charge < -0.3 is 30.3 Å². The van der Waals surface area contributed by atoms with Gasteiger partial charge in [-0.1, -0.05) is 151 Å². The summed E-state index contributed by atoms with van der Waals surface area (Å²) in [4.78, 5) is 50.5. The van der Waals surface area contributed by atoms with Gasteiger partial charge in [0.15, 0.2) is 0 Å². The molecule has 10 nitrogen and oxygen atoms in total. The van der Waals surface area contributed by atoms with Crippen LogP contribution in [0.5, 0.6) is 5.75 Å². The van der Waals surface area contributed by atoms with E-state index in [9.17, 15) is 19.5 Å². The maximum Gasteiger partial charge on any atom is 0.246 e. The minimum absolute atomic E-state index is 0.0386. The number of allylic oxidation sites excluding steroid dienone is 1. The Hall–Kier alpha value is -5.62.